The molecule has 124 valence electrons. The average Bonchev–Trinajstić information content (AvgIpc) is 2.51. The number of hydrogen-bond acceptors (Lipinski definition) is 3. The van der Waals surface area contributed by atoms with E-state index in [-0.39, 0.29) is 26.9 Å². The maximum atomic E-state index is 12.1. The fraction of sp³-hybridized carbons (Fsp3) is 0. The van der Waals surface area contributed by atoms with Crippen LogP contribution in [0.15, 0.2) is 36.4 Å². The molecule has 0 aliphatic heterocycles. The van der Waals surface area contributed by atoms with Crippen LogP contribution in [-0.4, -0.2) is 22.1 Å². The molecule has 2 aromatic rings. The minimum absolute atomic E-state index is 0.0326. The van der Waals surface area contributed by atoms with Crippen LogP contribution >= 0.6 is 58.0 Å². The molecule has 9 heteroatoms. The highest BCUT2D eigenvalue weighted by molar-refractivity contribution is 14.1. The normalized spacial score (nSPS) is 10.1. The lowest BCUT2D eigenvalue weighted by Gasteiger charge is -2.12. The summed E-state index contributed by atoms with van der Waals surface area (Å²) < 4.78 is 0.765. The number of nitrogens with one attached hydrogen (secondary N) is 2. The molecule has 0 saturated heterocycles. The molecule has 0 unspecified atom stereocenters. The molecule has 0 spiro atoms. The summed E-state index contributed by atoms with van der Waals surface area (Å²) in [6.45, 7) is 0. The number of aromatic carboxylic acids is 1. The quantitative estimate of drug-likeness (QED) is 0.434. The van der Waals surface area contributed by atoms with Crippen molar-refractivity contribution in [3.8, 4) is 0 Å². The van der Waals surface area contributed by atoms with Crippen molar-refractivity contribution in [1.82, 2.24) is 5.32 Å². The summed E-state index contributed by atoms with van der Waals surface area (Å²) in [5.74, 6) is -1.59. The summed E-state index contributed by atoms with van der Waals surface area (Å²) in [4.78, 5) is 23.4. The summed E-state index contributed by atoms with van der Waals surface area (Å²) in [6, 6.07) is 9.20. The van der Waals surface area contributed by atoms with E-state index < -0.39 is 11.9 Å². The molecule has 0 aliphatic carbocycles. The third kappa shape index (κ3) is 4.79. The van der Waals surface area contributed by atoms with Gasteiger partial charge in [-0.05, 0) is 71.2 Å². The molecule has 0 heterocycles. The van der Waals surface area contributed by atoms with Gasteiger partial charge < -0.3 is 10.4 Å². The molecule has 0 aromatic heterocycles. The first kappa shape index (κ1) is 18.9. The smallest absolute Gasteiger partial charge is 0.337 e. The Labute approximate surface area is 166 Å². The van der Waals surface area contributed by atoms with Crippen molar-refractivity contribution in [3.05, 3.63) is 61.1 Å². The van der Waals surface area contributed by atoms with Crippen LogP contribution in [-0.2, 0) is 0 Å². The molecule has 2 rings (SSSR count). The number of anilines is 1. The first-order chi connectivity index (χ1) is 11.3. The SMILES string of the molecule is O=C(NC(=S)Nc1ccc(I)cc1C(=O)O)c1ccc(Cl)c(Cl)c1. The third-order valence-corrected chi connectivity index (χ3v) is 4.48. The van der Waals surface area contributed by atoms with E-state index in [2.05, 4.69) is 10.6 Å². The Hall–Kier alpha value is -1.42. The maximum absolute atomic E-state index is 12.1. The zero-order chi connectivity index (χ0) is 17.9. The standard InChI is InChI=1S/C15H9Cl2IN2O3S/c16-10-3-1-7(5-11(10)17)13(21)20-15(24)19-12-4-2-8(18)6-9(12)14(22)23/h1-6H,(H,22,23)(H2,19,20,21,24). The number of hydrogen-bond donors (Lipinski definition) is 3. The van der Waals surface area contributed by atoms with Crippen LogP contribution in [0.2, 0.25) is 10.0 Å². The highest BCUT2D eigenvalue weighted by Crippen LogP contribution is 2.22. The van der Waals surface area contributed by atoms with Crippen molar-refractivity contribution in [2.45, 2.75) is 0 Å². The van der Waals surface area contributed by atoms with Crippen molar-refractivity contribution >= 4 is 80.7 Å². The molecule has 0 fully saturated rings. The molecule has 0 bridgehead atoms. The van der Waals surface area contributed by atoms with Crippen LogP contribution in [0.25, 0.3) is 0 Å². The summed E-state index contributed by atoms with van der Waals surface area (Å²) in [5.41, 5.74) is 0.602. The first-order valence-electron chi connectivity index (χ1n) is 6.38. The van der Waals surface area contributed by atoms with E-state index >= 15 is 0 Å². The maximum Gasteiger partial charge on any atom is 0.337 e. The first-order valence-corrected chi connectivity index (χ1v) is 8.62. The average molecular weight is 495 g/mol. The van der Waals surface area contributed by atoms with Gasteiger partial charge in [0, 0.05) is 9.13 Å². The Morgan fingerprint density at radius 3 is 2.42 bits per heavy atom. The van der Waals surface area contributed by atoms with Crippen LogP contribution in [0, 0.1) is 3.57 Å². The van der Waals surface area contributed by atoms with Crippen LogP contribution in [0.3, 0.4) is 0 Å². The highest BCUT2D eigenvalue weighted by Gasteiger charge is 2.14. The number of carbonyl (C=O) groups excluding carboxylic acids is 1. The monoisotopic (exact) mass is 494 g/mol. The van der Waals surface area contributed by atoms with Gasteiger partial charge in [0.1, 0.15) is 0 Å². The van der Waals surface area contributed by atoms with E-state index in [1.807, 2.05) is 22.6 Å². The summed E-state index contributed by atoms with van der Waals surface area (Å²) in [7, 11) is 0. The largest absolute Gasteiger partial charge is 0.478 e. The van der Waals surface area contributed by atoms with Gasteiger partial charge in [-0.3, -0.25) is 10.1 Å². The highest BCUT2D eigenvalue weighted by atomic mass is 127. The number of carboxylic acid groups (broad SMARTS) is 1. The molecule has 0 saturated carbocycles. The van der Waals surface area contributed by atoms with Crippen molar-refractivity contribution in [3.63, 3.8) is 0 Å². The van der Waals surface area contributed by atoms with Gasteiger partial charge in [0.15, 0.2) is 5.11 Å². The fourth-order valence-electron chi connectivity index (χ4n) is 1.77. The van der Waals surface area contributed by atoms with Crippen molar-refractivity contribution < 1.29 is 14.7 Å². The van der Waals surface area contributed by atoms with Gasteiger partial charge in [-0.25, -0.2) is 4.79 Å². The lowest BCUT2D eigenvalue weighted by molar-refractivity contribution is 0.0697. The number of benzene rings is 2. The Bertz CT molecular complexity index is 845. The molecule has 0 atom stereocenters. The van der Waals surface area contributed by atoms with E-state index in [0.29, 0.717) is 5.02 Å². The van der Waals surface area contributed by atoms with Gasteiger partial charge in [-0.2, -0.15) is 0 Å². The van der Waals surface area contributed by atoms with Gasteiger partial charge in [-0.1, -0.05) is 23.2 Å². The Morgan fingerprint density at radius 2 is 1.79 bits per heavy atom. The van der Waals surface area contributed by atoms with Gasteiger partial charge in [-0.15, -0.1) is 0 Å². The summed E-state index contributed by atoms with van der Waals surface area (Å²) in [6.07, 6.45) is 0. The molecule has 2 aromatic carbocycles. The second kappa shape index (κ2) is 8.11. The minimum Gasteiger partial charge on any atom is -0.478 e. The van der Waals surface area contributed by atoms with E-state index in [0.717, 1.165) is 3.57 Å². The molecular formula is C15H9Cl2IN2O3S. The van der Waals surface area contributed by atoms with E-state index in [4.69, 9.17) is 35.4 Å². The number of carboxylic acids is 1. The van der Waals surface area contributed by atoms with Crippen molar-refractivity contribution in [2.24, 2.45) is 0 Å². The Balaban J connectivity index is 2.12. The van der Waals surface area contributed by atoms with Gasteiger partial charge in [0.2, 0.25) is 0 Å². The van der Waals surface area contributed by atoms with Crippen molar-refractivity contribution in [1.29, 1.82) is 0 Å². The zero-order valence-electron chi connectivity index (χ0n) is 11.8. The fourth-order valence-corrected chi connectivity index (χ4v) is 2.76. The third-order valence-electron chi connectivity index (χ3n) is 2.87. The van der Waals surface area contributed by atoms with Gasteiger partial charge >= 0.3 is 5.97 Å². The number of halogens is 3. The predicted octanol–water partition coefficient (Wildman–Crippen LogP) is 4.42. The van der Waals surface area contributed by atoms with Gasteiger partial charge in [0.05, 0.1) is 21.3 Å². The molecular weight excluding hydrogens is 486 g/mol. The molecule has 3 N–H and O–H groups in total. The van der Waals surface area contributed by atoms with Crippen LogP contribution in [0.5, 0.6) is 0 Å². The molecule has 0 radical (unpaired) electrons. The van der Waals surface area contributed by atoms with Crippen LogP contribution in [0.4, 0.5) is 5.69 Å². The lowest BCUT2D eigenvalue weighted by atomic mass is 10.2. The molecule has 24 heavy (non-hydrogen) atoms. The lowest BCUT2D eigenvalue weighted by Crippen LogP contribution is -2.34. The molecule has 0 aliphatic rings. The minimum atomic E-state index is -1.10. The number of rotatable bonds is 3. The summed E-state index contributed by atoms with van der Waals surface area (Å²) in [5, 5.41) is 14.9. The number of carbonyl (C=O) groups is 2. The van der Waals surface area contributed by atoms with Crippen LogP contribution in [0.1, 0.15) is 20.7 Å². The van der Waals surface area contributed by atoms with E-state index in [1.54, 1.807) is 12.1 Å². The molecule has 5 nitrogen and oxygen atoms in total. The Morgan fingerprint density at radius 1 is 1.08 bits per heavy atom. The molecule has 1 amide bonds. The van der Waals surface area contributed by atoms with Crippen molar-refractivity contribution in [2.75, 3.05) is 5.32 Å². The van der Waals surface area contributed by atoms with Gasteiger partial charge in [0.25, 0.3) is 5.91 Å². The predicted molar refractivity (Wildman–Crippen MR) is 106 cm³/mol. The van der Waals surface area contributed by atoms with E-state index in [9.17, 15) is 14.7 Å². The number of amides is 1. The van der Waals surface area contributed by atoms with Crippen LogP contribution < -0.4 is 10.6 Å². The summed E-state index contributed by atoms with van der Waals surface area (Å²) >= 11 is 18.7. The topological polar surface area (TPSA) is 78.4 Å². The van der Waals surface area contributed by atoms with E-state index in [1.165, 1.54) is 24.3 Å². The zero-order valence-corrected chi connectivity index (χ0v) is 16.3. The number of thiocarbonyl (C=S) groups is 1. The Kier molecular flexibility index (Phi) is 6.39. The second-order valence-electron chi connectivity index (χ2n) is 4.53. The second-order valence-corrected chi connectivity index (χ2v) is 7.00.